The molecule has 0 bridgehead atoms. The van der Waals surface area contributed by atoms with Crippen molar-refractivity contribution in [1.29, 1.82) is 0 Å². The van der Waals surface area contributed by atoms with E-state index in [-0.39, 0.29) is 5.56 Å². The van der Waals surface area contributed by atoms with E-state index in [1.165, 1.54) is 4.68 Å². The largest absolute Gasteiger partial charge is 0.322 e. The van der Waals surface area contributed by atoms with E-state index in [1.807, 2.05) is 92.7 Å². The lowest BCUT2D eigenvalue weighted by molar-refractivity contribution is 0.102. The van der Waals surface area contributed by atoms with Gasteiger partial charge in [0, 0.05) is 27.8 Å². The van der Waals surface area contributed by atoms with Crippen LogP contribution in [0.4, 0.5) is 5.69 Å². The van der Waals surface area contributed by atoms with Crippen LogP contribution in [-0.4, -0.2) is 15.7 Å². The summed E-state index contributed by atoms with van der Waals surface area (Å²) in [6.07, 6.45) is 0. The summed E-state index contributed by atoms with van der Waals surface area (Å²) in [5, 5.41) is 7.57. The number of hydrogen-bond donors (Lipinski definition) is 1. The van der Waals surface area contributed by atoms with Crippen LogP contribution in [0.3, 0.4) is 0 Å². The summed E-state index contributed by atoms with van der Waals surface area (Å²) >= 11 is 3.44. The van der Waals surface area contributed by atoms with Crippen molar-refractivity contribution in [2.24, 2.45) is 0 Å². The van der Waals surface area contributed by atoms with Gasteiger partial charge in [0.05, 0.1) is 5.69 Å². The van der Waals surface area contributed by atoms with E-state index in [0.29, 0.717) is 23.5 Å². The molecule has 0 saturated heterocycles. The van der Waals surface area contributed by atoms with E-state index < -0.39 is 11.5 Å². The molecule has 32 heavy (non-hydrogen) atoms. The zero-order valence-corrected chi connectivity index (χ0v) is 19.4. The zero-order valence-electron chi connectivity index (χ0n) is 17.8. The average molecular weight is 488 g/mol. The van der Waals surface area contributed by atoms with Gasteiger partial charge in [-0.2, -0.15) is 5.10 Å². The molecule has 0 spiro atoms. The number of halogens is 1. The van der Waals surface area contributed by atoms with Crippen LogP contribution in [0.25, 0.3) is 22.4 Å². The van der Waals surface area contributed by atoms with Crippen molar-refractivity contribution in [2.75, 3.05) is 5.32 Å². The fourth-order valence-corrected chi connectivity index (χ4v) is 4.11. The first-order chi connectivity index (χ1) is 15.5. The quantitative estimate of drug-likeness (QED) is 0.379. The number of hydrogen-bond acceptors (Lipinski definition) is 3. The summed E-state index contributed by atoms with van der Waals surface area (Å²) in [4.78, 5) is 26.9. The maximum Gasteiger partial charge on any atom is 0.280 e. The molecule has 0 aliphatic carbocycles. The number of carbonyl (C=O) groups is 1. The first kappa shape index (κ1) is 21.7. The molecule has 5 nitrogen and oxygen atoms in total. The topological polar surface area (TPSA) is 64.0 Å². The van der Waals surface area contributed by atoms with E-state index in [1.54, 1.807) is 0 Å². The highest BCUT2D eigenvalue weighted by Crippen LogP contribution is 2.32. The van der Waals surface area contributed by atoms with Crippen LogP contribution in [0.15, 0.2) is 88.1 Å². The highest BCUT2D eigenvalue weighted by atomic mass is 79.9. The Hall–Kier alpha value is -3.51. The second-order valence-electron chi connectivity index (χ2n) is 7.36. The molecule has 4 rings (SSSR count). The van der Waals surface area contributed by atoms with Crippen molar-refractivity contribution in [3.63, 3.8) is 0 Å². The third-order valence-corrected chi connectivity index (χ3v) is 5.72. The summed E-state index contributed by atoms with van der Waals surface area (Å²) in [5.74, 6) is -0.457. The van der Waals surface area contributed by atoms with Crippen molar-refractivity contribution in [3.05, 3.63) is 105 Å². The maximum atomic E-state index is 13.6. The number of nitrogens with zero attached hydrogens (tertiary/aromatic N) is 2. The molecule has 0 atom stereocenters. The fraction of sp³-hybridized carbons (Fsp3) is 0.115. The highest BCUT2D eigenvalue weighted by Gasteiger charge is 2.25. The standard InChI is InChI=1S/C26H22BrN3O2/c1-3-30-26(32)23(25(31)28-21-15-14-20(27)16-17(21)2)22(18-10-6-4-7-11-18)24(29-30)19-12-8-5-9-13-19/h4-16H,3H2,1-2H3,(H,28,31). The monoisotopic (exact) mass is 487 g/mol. The number of carbonyl (C=O) groups excluding carboxylic acids is 1. The van der Waals surface area contributed by atoms with Crippen LogP contribution in [0.5, 0.6) is 0 Å². The number of rotatable bonds is 5. The van der Waals surface area contributed by atoms with Crippen molar-refractivity contribution in [1.82, 2.24) is 9.78 Å². The molecule has 4 aromatic rings. The van der Waals surface area contributed by atoms with Crippen molar-refractivity contribution in [2.45, 2.75) is 20.4 Å². The Balaban J connectivity index is 1.98. The SMILES string of the molecule is CCn1nc(-c2ccccc2)c(-c2ccccc2)c(C(=O)Nc2ccc(Br)cc2C)c1=O. The third-order valence-electron chi connectivity index (χ3n) is 5.23. The number of benzene rings is 3. The van der Waals surface area contributed by atoms with Crippen molar-refractivity contribution >= 4 is 27.5 Å². The van der Waals surface area contributed by atoms with E-state index in [0.717, 1.165) is 21.2 Å². The summed E-state index contributed by atoms with van der Waals surface area (Å²) in [5.41, 5.74) is 3.92. The van der Waals surface area contributed by atoms with Crippen molar-refractivity contribution < 1.29 is 4.79 Å². The van der Waals surface area contributed by atoms with Crippen LogP contribution in [0, 0.1) is 6.92 Å². The van der Waals surface area contributed by atoms with Crippen LogP contribution in [-0.2, 0) is 6.54 Å². The molecule has 1 heterocycles. The van der Waals surface area contributed by atoms with Gasteiger partial charge in [0.2, 0.25) is 0 Å². The second-order valence-corrected chi connectivity index (χ2v) is 8.28. The molecule has 0 aliphatic rings. The minimum absolute atomic E-state index is 0.0780. The minimum Gasteiger partial charge on any atom is -0.322 e. The van der Waals surface area contributed by atoms with E-state index in [4.69, 9.17) is 0 Å². The lowest BCUT2D eigenvalue weighted by atomic mass is 9.95. The predicted octanol–water partition coefficient (Wildman–Crippen LogP) is 5.92. The lowest BCUT2D eigenvalue weighted by Gasteiger charge is -2.17. The zero-order chi connectivity index (χ0) is 22.7. The Labute approximate surface area is 194 Å². The maximum absolute atomic E-state index is 13.6. The highest BCUT2D eigenvalue weighted by molar-refractivity contribution is 9.10. The minimum atomic E-state index is -0.457. The number of anilines is 1. The van der Waals surface area contributed by atoms with Gasteiger partial charge < -0.3 is 5.32 Å². The fourth-order valence-electron chi connectivity index (χ4n) is 3.63. The van der Waals surface area contributed by atoms with E-state index in [9.17, 15) is 9.59 Å². The molecule has 0 unspecified atom stereocenters. The third kappa shape index (κ3) is 4.27. The number of aryl methyl sites for hydroxylation is 2. The van der Waals surface area contributed by atoms with Gasteiger partial charge in [0.1, 0.15) is 5.56 Å². The van der Waals surface area contributed by atoms with Crippen LogP contribution in [0.1, 0.15) is 22.8 Å². The summed E-state index contributed by atoms with van der Waals surface area (Å²) < 4.78 is 2.26. The molecule has 160 valence electrons. The summed E-state index contributed by atoms with van der Waals surface area (Å²) in [6, 6.07) is 24.6. The van der Waals surface area contributed by atoms with Gasteiger partial charge in [0.15, 0.2) is 0 Å². The average Bonchev–Trinajstić information content (AvgIpc) is 2.81. The lowest BCUT2D eigenvalue weighted by Crippen LogP contribution is -2.32. The molecular formula is C26H22BrN3O2. The molecule has 6 heteroatoms. The Morgan fingerprint density at radius 3 is 2.19 bits per heavy atom. The molecule has 0 fully saturated rings. The molecule has 0 saturated carbocycles. The Morgan fingerprint density at radius 1 is 0.969 bits per heavy atom. The number of nitrogens with one attached hydrogen (secondary N) is 1. The molecule has 3 aromatic carbocycles. The molecule has 1 amide bonds. The molecule has 1 aromatic heterocycles. The van der Waals surface area contributed by atoms with Crippen LogP contribution < -0.4 is 10.9 Å². The Morgan fingerprint density at radius 2 is 1.59 bits per heavy atom. The van der Waals surface area contributed by atoms with Gasteiger partial charge in [-0.05, 0) is 43.2 Å². The van der Waals surface area contributed by atoms with Gasteiger partial charge in [-0.1, -0.05) is 76.6 Å². The van der Waals surface area contributed by atoms with E-state index >= 15 is 0 Å². The number of aromatic nitrogens is 2. The smallest absolute Gasteiger partial charge is 0.280 e. The van der Waals surface area contributed by atoms with Gasteiger partial charge in [-0.15, -0.1) is 0 Å². The first-order valence-corrected chi connectivity index (χ1v) is 11.1. The molecule has 0 radical (unpaired) electrons. The first-order valence-electron chi connectivity index (χ1n) is 10.3. The second kappa shape index (κ2) is 9.32. The summed E-state index contributed by atoms with van der Waals surface area (Å²) in [6.45, 7) is 4.10. The molecular weight excluding hydrogens is 466 g/mol. The Kier molecular flexibility index (Phi) is 6.32. The predicted molar refractivity (Wildman–Crippen MR) is 132 cm³/mol. The van der Waals surface area contributed by atoms with Crippen molar-refractivity contribution in [3.8, 4) is 22.4 Å². The summed E-state index contributed by atoms with van der Waals surface area (Å²) in [7, 11) is 0. The molecule has 1 N–H and O–H groups in total. The van der Waals surface area contributed by atoms with Gasteiger partial charge in [-0.25, -0.2) is 4.68 Å². The van der Waals surface area contributed by atoms with Gasteiger partial charge >= 0.3 is 0 Å². The van der Waals surface area contributed by atoms with Crippen LogP contribution >= 0.6 is 15.9 Å². The number of amides is 1. The van der Waals surface area contributed by atoms with Gasteiger partial charge in [0.25, 0.3) is 11.5 Å². The van der Waals surface area contributed by atoms with E-state index in [2.05, 4.69) is 26.3 Å². The normalized spacial score (nSPS) is 10.7. The van der Waals surface area contributed by atoms with Gasteiger partial charge in [-0.3, -0.25) is 9.59 Å². The Bertz CT molecular complexity index is 1330. The van der Waals surface area contributed by atoms with Crippen LogP contribution in [0.2, 0.25) is 0 Å². The molecule has 0 aliphatic heterocycles.